The number of carbonyl (C=O) groups excluding carboxylic acids is 1. The molecule has 0 atom stereocenters. The van der Waals surface area contributed by atoms with Crippen LogP contribution in [0.3, 0.4) is 0 Å². The third-order valence-corrected chi connectivity index (χ3v) is 2.64. The largest absolute Gasteiger partial charge is 0.491 e. The van der Waals surface area contributed by atoms with Gasteiger partial charge in [-0.1, -0.05) is 6.07 Å². The van der Waals surface area contributed by atoms with Crippen LogP contribution >= 0.6 is 0 Å². The second-order valence-electron chi connectivity index (χ2n) is 4.68. The number of hydrogen-bond acceptors (Lipinski definition) is 6. The Morgan fingerprint density at radius 2 is 2.15 bits per heavy atom. The molecular formula is C13H14N2O5. The van der Waals surface area contributed by atoms with Gasteiger partial charge in [0, 0.05) is 6.07 Å². The Balaban J connectivity index is 3.00. The third kappa shape index (κ3) is 3.23. The highest BCUT2D eigenvalue weighted by atomic mass is 16.6. The van der Waals surface area contributed by atoms with Crippen molar-refractivity contribution >= 4 is 11.7 Å². The quantitative estimate of drug-likeness (QED) is 0.464. The first-order valence-corrected chi connectivity index (χ1v) is 5.72. The Hall–Kier alpha value is -2.62. The standard InChI is InChI=1S/C13H14N2O5/c1-13(2,12(16)19-3)8-20-11-6-4-5-10(15(17)18)9(11)7-14/h4-6H,8H2,1-3H3. The van der Waals surface area contributed by atoms with Gasteiger partial charge in [-0.05, 0) is 19.9 Å². The average Bonchev–Trinajstić information content (AvgIpc) is 2.43. The highest BCUT2D eigenvalue weighted by Gasteiger charge is 2.30. The topological polar surface area (TPSA) is 102 Å². The van der Waals surface area contributed by atoms with Crippen molar-refractivity contribution in [2.75, 3.05) is 13.7 Å². The van der Waals surface area contributed by atoms with Crippen LogP contribution in [0.2, 0.25) is 0 Å². The van der Waals surface area contributed by atoms with Gasteiger partial charge in [-0.2, -0.15) is 5.26 Å². The number of nitriles is 1. The number of hydrogen-bond donors (Lipinski definition) is 0. The Morgan fingerprint density at radius 3 is 2.65 bits per heavy atom. The summed E-state index contributed by atoms with van der Waals surface area (Å²) in [4.78, 5) is 21.7. The molecule has 0 unspecified atom stereocenters. The van der Waals surface area contributed by atoms with Gasteiger partial charge in [0.15, 0.2) is 5.56 Å². The Kier molecular flexibility index (Phi) is 4.64. The van der Waals surface area contributed by atoms with Gasteiger partial charge in [-0.15, -0.1) is 0 Å². The molecule has 106 valence electrons. The summed E-state index contributed by atoms with van der Waals surface area (Å²) in [5, 5.41) is 19.8. The summed E-state index contributed by atoms with van der Waals surface area (Å²) in [6.07, 6.45) is 0. The second-order valence-corrected chi connectivity index (χ2v) is 4.68. The minimum absolute atomic E-state index is 0.0600. The molecule has 7 heteroatoms. The van der Waals surface area contributed by atoms with Crippen molar-refractivity contribution in [2.24, 2.45) is 5.41 Å². The molecule has 0 radical (unpaired) electrons. The molecule has 0 fully saturated rings. The fourth-order valence-electron chi connectivity index (χ4n) is 1.50. The Bertz CT molecular complexity index is 575. The summed E-state index contributed by atoms with van der Waals surface area (Å²) in [6, 6.07) is 5.82. The van der Waals surface area contributed by atoms with E-state index in [4.69, 9.17) is 10.00 Å². The predicted octanol–water partition coefficient (Wildman–Crippen LogP) is 2.04. The first kappa shape index (κ1) is 15.4. The maximum absolute atomic E-state index is 11.5. The molecule has 0 N–H and O–H groups in total. The lowest BCUT2D eigenvalue weighted by molar-refractivity contribution is -0.385. The molecule has 0 aliphatic heterocycles. The van der Waals surface area contributed by atoms with Gasteiger partial charge in [0.05, 0.1) is 17.4 Å². The van der Waals surface area contributed by atoms with Crippen LogP contribution in [0.5, 0.6) is 5.75 Å². The van der Waals surface area contributed by atoms with Gasteiger partial charge >= 0.3 is 5.97 Å². The number of nitro benzene ring substituents is 1. The van der Waals surface area contributed by atoms with Crippen molar-refractivity contribution in [2.45, 2.75) is 13.8 Å². The molecule has 0 amide bonds. The molecule has 0 bridgehead atoms. The second kappa shape index (κ2) is 6.02. The van der Waals surface area contributed by atoms with Gasteiger partial charge in [0.25, 0.3) is 5.69 Å². The van der Waals surface area contributed by atoms with E-state index in [2.05, 4.69) is 4.74 Å². The number of methoxy groups -OCH3 is 1. The predicted molar refractivity (Wildman–Crippen MR) is 69.1 cm³/mol. The highest BCUT2D eigenvalue weighted by molar-refractivity contribution is 5.76. The van der Waals surface area contributed by atoms with Crippen LogP contribution in [0, 0.1) is 26.9 Å². The van der Waals surface area contributed by atoms with Crippen LogP contribution in [-0.2, 0) is 9.53 Å². The summed E-state index contributed by atoms with van der Waals surface area (Å²) in [5.41, 5.74) is -1.43. The van der Waals surface area contributed by atoms with E-state index in [1.54, 1.807) is 19.9 Å². The van der Waals surface area contributed by atoms with E-state index in [1.165, 1.54) is 25.3 Å². The van der Waals surface area contributed by atoms with E-state index < -0.39 is 16.3 Å². The summed E-state index contributed by atoms with van der Waals surface area (Å²) in [5.74, 6) is -0.403. The molecular weight excluding hydrogens is 264 g/mol. The van der Waals surface area contributed by atoms with E-state index in [9.17, 15) is 14.9 Å². The van der Waals surface area contributed by atoms with Gasteiger partial charge < -0.3 is 9.47 Å². The maximum atomic E-state index is 11.5. The molecule has 0 aromatic heterocycles. The first-order valence-electron chi connectivity index (χ1n) is 5.72. The summed E-state index contributed by atoms with van der Waals surface area (Å²) < 4.78 is 10.0. The molecule has 0 heterocycles. The van der Waals surface area contributed by atoms with Crippen LogP contribution in [0.1, 0.15) is 19.4 Å². The molecule has 0 spiro atoms. The number of nitro groups is 1. The van der Waals surface area contributed by atoms with Crippen LogP contribution in [0.15, 0.2) is 18.2 Å². The molecule has 1 aromatic rings. The Morgan fingerprint density at radius 1 is 1.50 bits per heavy atom. The zero-order chi connectivity index (χ0) is 15.3. The van der Waals surface area contributed by atoms with Crippen LogP contribution in [-0.4, -0.2) is 24.6 Å². The fourth-order valence-corrected chi connectivity index (χ4v) is 1.50. The van der Waals surface area contributed by atoms with Crippen LogP contribution in [0.25, 0.3) is 0 Å². The van der Waals surface area contributed by atoms with E-state index in [-0.39, 0.29) is 23.6 Å². The summed E-state index contributed by atoms with van der Waals surface area (Å²) >= 11 is 0. The number of esters is 1. The van der Waals surface area contributed by atoms with Crippen molar-refractivity contribution in [1.82, 2.24) is 0 Å². The van der Waals surface area contributed by atoms with E-state index in [0.717, 1.165) is 0 Å². The molecule has 0 saturated carbocycles. The third-order valence-electron chi connectivity index (χ3n) is 2.64. The van der Waals surface area contributed by atoms with Crippen molar-refractivity contribution in [1.29, 1.82) is 5.26 Å². The van der Waals surface area contributed by atoms with Crippen LogP contribution in [0.4, 0.5) is 5.69 Å². The first-order chi connectivity index (χ1) is 9.33. The maximum Gasteiger partial charge on any atom is 0.314 e. The lowest BCUT2D eigenvalue weighted by atomic mass is 9.95. The minimum atomic E-state index is -0.925. The number of rotatable bonds is 5. The van der Waals surface area contributed by atoms with E-state index in [0.29, 0.717) is 0 Å². The summed E-state index contributed by atoms with van der Waals surface area (Å²) in [7, 11) is 1.26. The zero-order valence-corrected chi connectivity index (χ0v) is 11.4. The number of ether oxygens (including phenoxy) is 2. The SMILES string of the molecule is COC(=O)C(C)(C)COc1cccc([N+](=O)[O-])c1C#N. The van der Waals surface area contributed by atoms with E-state index >= 15 is 0 Å². The Labute approximate surface area is 115 Å². The van der Waals surface area contributed by atoms with Gasteiger partial charge in [-0.25, -0.2) is 0 Å². The molecule has 1 aromatic carbocycles. The normalized spacial score (nSPS) is 10.5. The minimum Gasteiger partial charge on any atom is -0.491 e. The van der Waals surface area contributed by atoms with Crippen molar-refractivity contribution in [3.05, 3.63) is 33.9 Å². The molecule has 0 saturated heterocycles. The van der Waals surface area contributed by atoms with Crippen molar-refractivity contribution in [3.8, 4) is 11.8 Å². The number of benzene rings is 1. The zero-order valence-electron chi connectivity index (χ0n) is 11.4. The van der Waals surface area contributed by atoms with Crippen LogP contribution < -0.4 is 4.74 Å². The fraction of sp³-hybridized carbons (Fsp3) is 0.385. The molecule has 0 aliphatic carbocycles. The lowest BCUT2D eigenvalue weighted by Gasteiger charge is -2.21. The van der Waals surface area contributed by atoms with Gasteiger partial charge in [0.1, 0.15) is 18.4 Å². The lowest BCUT2D eigenvalue weighted by Crippen LogP contribution is -2.32. The average molecular weight is 278 g/mol. The smallest absolute Gasteiger partial charge is 0.314 e. The molecule has 1 rings (SSSR count). The van der Waals surface area contributed by atoms with Crippen molar-refractivity contribution in [3.63, 3.8) is 0 Å². The monoisotopic (exact) mass is 278 g/mol. The van der Waals surface area contributed by atoms with Crippen molar-refractivity contribution < 1.29 is 19.2 Å². The number of carbonyl (C=O) groups is 1. The van der Waals surface area contributed by atoms with Gasteiger partial charge in [0.2, 0.25) is 0 Å². The molecule has 7 nitrogen and oxygen atoms in total. The highest BCUT2D eigenvalue weighted by Crippen LogP contribution is 2.29. The summed E-state index contributed by atoms with van der Waals surface area (Å²) in [6.45, 7) is 3.17. The van der Waals surface area contributed by atoms with Gasteiger partial charge in [-0.3, -0.25) is 14.9 Å². The molecule has 20 heavy (non-hydrogen) atoms. The number of nitrogens with zero attached hydrogens (tertiary/aromatic N) is 2. The molecule has 0 aliphatic rings. The van der Waals surface area contributed by atoms with E-state index in [1.807, 2.05) is 0 Å².